The Bertz CT molecular complexity index is 987. The summed E-state index contributed by atoms with van der Waals surface area (Å²) in [6.45, 7) is 3.43. The van der Waals surface area contributed by atoms with Crippen molar-refractivity contribution in [2.45, 2.75) is 19.6 Å². The highest BCUT2D eigenvalue weighted by Crippen LogP contribution is 2.32. The molecule has 0 aromatic heterocycles. The fraction of sp³-hybridized carbons (Fsp3) is 0.208. The molecule has 0 aliphatic carbocycles. The van der Waals surface area contributed by atoms with Gasteiger partial charge in [-0.3, -0.25) is 4.79 Å². The van der Waals surface area contributed by atoms with E-state index in [1.54, 1.807) is 6.07 Å². The third-order valence-corrected chi connectivity index (χ3v) is 4.78. The van der Waals surface area contributed by atoms with Gasteiger partial charge in [0.15, 0.2) is 11.5 Å². The summed E-state index contributed by atoms with van der Waals surface area (Å²) in [4.78, 5) is 12.9. The largest absolute Gasteiger partial charge is 0.488 e. The van der Waals surface area contributed by atoms with Gasteiger partial charge in [-0.25, -0.2) is 0 Å². The molecular weight excluding hydrogens is 366 g/mol. The van der Waals surface area contributed by atoms with Crippen molar-refractivity contribution in [3.05, 3.63) is 89.5 Å². The number of fused-ring (bicyclic) bond motifs is 1. The molecule has 29 heavy (non-hydrogen) atoms. The van der Waals surface area contributed by atoms with Crippen LogP contribution in [-0.4, -0.2) is 19.1 Å². The maximum absolute atomic E-state index is 12.9. The van der Waals surface area contributed by atoms with Crippen LogP contribution >= 0.6 is 0 Å². The van der Waals surface area contributed by atoms with Crippen molar-refractivity contribution < 1.29 is 19.0 Å². The van der Waals surface area contributed by atoms with Crippen molar-refractivity contribution in [2.24, 2.45) is 0 Å². The highest BCUT2D eigenvalue weighted by molar-refractivity contribution is 5.97. The van der Waals surface area contributed by atoms with Gasteiger partial charge < -0.3 is 19.5 Å². The monoisotopic (exact) mass is 389 g/mol. The van der Waals surface area contributed by atoms with Crippen molar-refractivity contribution in [3.63, 3.8) is 0 Å². The Morgan fingerprint density at radius 2 is 1.69 bits per heavy atom. The second-order valence-electron chi connectivity index (χ2n) is 6.87. The number of ether oxygens (including phenoxy) is 3. The zero-order valence-corrected chi connectivity index (χ0v) is 16.3. The number of benzene rings is 3. The zero-order valence-electron chi connectivity index (χ0n) is 16.3. The predicted molar refractivity (Wildman–Crippen MR) is 111 cm³/mol. The van der Waals surface area contributed by atoms with Crippen LogP contribution in [0.4, 0.5) is 0 Å². The van der Waals surface area contributed by atoms with E-state index in [0.717, 1.165) is 16.9 Å². The summed E-state index contributed by atoms with van der Waals surface area (Å²) >= 11 is 0. The van der Waals surface area contributed by atoms with E-state index in [2.05, 4.69) is 5.32 Å². The second-order valence-corrected chi connectivity index (χ2v) is 6.87. The SMILES string of the molecule is C[C@H](NC(=O)c1ccccc1OCc1ccccc1)c1ccc2c(c1)OCCO2. The van der Waals surface area contributed by atoms with Crippen molar-refractivity contribution in [2.75, 3.05) is 13.2 Å². The lowest BCUT2D eigenvalue weighted by molar-refractivity contribution is 0.0935. The molecule has 1 amide bonds. The van der Waals surface area contributed by atoms with Crippen LogP contribution in [0, 0.1) is 0 Å². The number of para-hydroxylation sites is 1. The minimum Gasteiger partial charge on any atom is -0.488 e. The maximum atomic E-state index is 12.9. The van der Waals surface area contributed by atoms with E-state index in [0.29, 0.717) is 36.9 Å². The Morgan fingerprint density at radius 3 is 2.52 bits per heavy atom. The minimum absolute atomic E-state index is 0.184. The first kappa shape index (κ1) is 18.9. The molecule has 1 aliphatic heterocycles. The van der Waals surface area contributed by atoms with Gasteiger partial charge in [0, 0.05) is 0 Å². The average molecular weight is 389 g/mol. The van der Waals surface area contributed by atoms with Crippen LogP contribution in [0.5, 0.6) is 17.2 Å². The van der Waals surface area contributed by atoms with E-state index in [1.807, 2.05) is 73.7 Å². The number of carbonyl (C=O) groups excluding carboxylic acids is 1. The Kier molecular flexibility index (Phi) is 5.66. The molecule has 4 rings (SSSR count). The van der Waals surface area contributed by atoms with Gasteiger partial charge in [0.25, 0.3) is 5.91 Å². The number of nitrogens with one attached hydrogen (secondary N) is 1. The summed E-state index contributed by atoms with van der Waals surface area (Å²) in [5.74, 6) is 1.82. The molecule has 0 spiro atoms. The number of hydrogen-bond acceptors (Lipinski definition) is 4. The topological polar surface area (TPSA) is 56.8 Å². The first-order valence-electron chi connectivity index (χ1n) is 9.67. The predicted octanol–water partition coefficient (Wildman–Crippen LogP) is 4.53. The van der Waals surface area contributed by atoms with Crippen LogP contribution in [0.2, 0.25) is 0 Å². The third kappa shape index (κ3) is 4.51. The Hall–Kier alpha value is -3.47. The van der Waals surface area contributed by atoms with Gasteiger partial charge >= 0.3 is 0 Å². The van der Waals surface area contributed by atoms with Gasteiger partial charge in [-0.05, 0) is 42.3 Å². The highest BCUT2D eigenvalue weighted by Gasteiger charge is 2.18. The zero-order chi connectivity index (χ0) is 20.1. The lowest BCUT2D eigenvalue weighted by atomic mass is 10.1. The second kappa shape index (κ2) is 8.69. The van der Waals surface area contributed by atoms with Gasteiger partial charge in [0.1, 0.15) is 25.6 Å². The summed E-state index contributed by atoms with van der Waals surface area (Å²) in [6, 6.07) is 22.7. The number of amides is 1. The summed E-state index contributed by atoms with van der Waals surface area (Å²) < 4.78 is 17.1. The lowest BCUT2D eigenvalue weighted by Crippen LogP contribution is -2.27. The molecule has 1 heterocycles. The van der Waals surface area contributed by atoms with Crippen LogP contribution in [0.1, 0.15) is 34.5 Å². The molecule has 5 nitrogen and oxygen atoms in total. The maximum Gasteiger partial charge on any atom is 0.255 e. The van der Waals surface area contributed by atoms with Gasteiger partial charge in [-0.15, -0.1) is 0 Å². The molecule has 0 radical (unpaired) electrons. The molecule has 1 atom stereocenters. The van der Waals surface area contributed by atoms with Crippen LogP contribution in [0.15, 0.2) is 72.8 Å². The summed E-state index contributed by atoms with van der Waals surface area (Å²) in [6.07, 6.45) is 0. The Morgan fingerprint density at radius 1 is 0.966 bits per heavy atom. The molecule has 0 saturated heterocycles. The standard InChI is InChI=1S/C24H23NO4/c1-17(19-11-12-22-23(15-19)28-14-13-27-22)25-24(26)20-9-5-6-10-21(20)29-16-18-7-3-2-4-8-18/h2-12,15,17H,13-14,16H2,1H3,(H,25,26)/t17-/m0/s1. The van der Waals surface area contributed by atoms with Crippen molar-refractivity contribution in [3.8, 4) is 17.2 Å². The first-order chi connectivity index (χ1) is 14.2. The van der Waals surface area contributed by atoms with Crippen LogP contribution in [0.3, 0.4) is 0 Å². The molecule has 0 fully saturated rings. The number of hydrogen-bond donors (Lipinski definition) is 1. The van der Waals surface area contributed by atoms with Crippen molar-refractivity contribution >= 4 is 5.91 Å². The smallest absolute Gasteiger partial charge is 0.255 e. The fourth-order valence-electron chi connectivity index (χ4n) is 3.20. The van der Waals surface area contributed by atoms with Gasteiger partial charge in [-0.2, -0.15) is 0 Å². The molecule has 1 N–H and O–H groups in total. The highest BCUT2D eigenvalue weighted by atomic mass is 16.6. The fourth-order valence-corrected chi connectivity index (χ4v) is 3.20. The van der Waals surface area contributed by atoms with E-state index in [-0.39, 0.29) is 11.9 Å². The molecule has 5 heteroatoms. The quantitative estimate of drug-likeness (QED) is 0.673. The van der Waals surface area contributed by atoms with E-state index >= 15 is 0 Å². The van der Waals surface area contributed by atoms with Crippen molar-refractivity contribution in [1.29, 1.82) is 0 Å². The first-order valence-corrected chi connectivity index (χ1v) is 9.67. The van der Waals surface area contributed by atoms with E-state index in [4.69, 9.17) is 14.2 Å². The molecule has 0 saturated carbocycles. The Balaban J connectivity index is 1.45. The van der Waals surface area contributed by atoms with Gasteiger partial charge in [-0.1, -0.05) is 48.5 Å². The van der Waals surface area contributed by atoms with Crippen LogP contribution in [0.25, 0.3) is 0 Å². The molecular formula is C24H23NO4. The normalized spacial score (nSPS) is 13.4. The van der Waals surface area contributed by atoms with Crippen molar-refractivity contribution in [1.82, 2.24) is 5.32 Å². The lowest BCUT2D eigenvalue weighted by Gasteiger charge is -2.21. The minimum atomic E-state index is -0.194. The summed E-state index contributed by atoms with van der Waals surface area (Å²) in [5, 5.41) is 3.04. The molecule has 3 aromatic carbocycles. The van der Waals surface area contributed by atoms with E-state index in [9.17, 15) is 4.79 Å². The molecule has 3 aromatic rings. The summed E-state index contributed by atoms with van der Waals surface area (Å²) in [5.41, 5.74) is 2.51. The summed E-state index contributed by atoms with van der Waals surface area (Å²) in [7, 11) is 0. The number of carbonyl (C=O) groups is 1. The van der Waals surface area contributed by atoms with Crippen LogP contribution < -0.4 is 19.5 Å². The van der Waals surface area contributed by atoms with Gasteiger partial charge in [0.05, 0.1) is 11.6 Å². The van der Waals surface area contributed by atoms with Crippen LogP contribution in [-0.2, 0) is 6.61 Å². The Labute approximate surface area is 170 Å². The molecule has 1 aliphatic rings. The third-order valence-electron chi connectivity index (χ3n) is 4.78. The average Bonchev–Trinajstić information content (AvgIpc) is 2.78. The van der Waals surface area contributed by atoms with E-state index in [1.165, 1.54) is 0 Å². The number of rotatable bonds is 6. The van der Waals surface area contributed by atoms with E-state index < -0.39 is 0 Å². The molecule has 148 valence electrons. The molecule has 0 unspecified atom stereocenters. The molecule has 0 bridgehead atoms. The van der Waals surface area contributed by atoms with Gasteiger partial charge in [0.2, 0.25) is 0 Å².